The van der Waals surface area contributed by atoms with Crippen LogP contribution < -0.4 is 5.32 Å². The lowest BCUT2D eigenvalue weighted by Crippen LogP contribution is -2.29. The Labute approximate surface area is 126 Å². The first-order valence-corrected chi connectivity index (χ1v) is 8.37. The third kappa shape index (κ3) is 6.09. The van der Waals surface area contributed by atoms with Crippen LogP contribution in [0.4, 0.5) is 0 Å². The molecule has 20 heavy (non-hydrogen) atoms. The Kier molecular flexibility index (Phi) is 7.91. The fourth-order valence-electron chi connectivity index (χ4n) is 2.88. The van der Waals surface area contributed by atoms with Crippen LogP contribution in [0.5, 0.6) is 0 Å². The Balaban J connectivity index is 2.37. The van der Waals surface area contributed by atoms with Crippen molar-refractivity contribution in [2.75, 3.05) is 0 Å². The first kappa shape index (κ1) is 17.2. The molecular formula is C19H33N. The van der Waals surface area contributed by atoms with E-state index >= 15 is 0 Å². The first-order valence-electron chi connectivity index (χ1n) is 8.37. The van der Waals surface area contributed by atoms with E-state index < -0.39 is 0 Å². The minimum atomic E-state index is 0.445. The summed E-state index contributed by atoms with van der Waals surface area (Å²) in [5.41, 5.74) is 4.19. The van der Waals surface area contributed by atoms with Crippen LogP contribution in [-0.2, 0) is 0 Å². The van der Waals surface area contributed by atoms with Gasteiger partial charge in [0.2, 0.25) is 0 Å². The normalized spacial score (nSPS) is 14.2. The number of nitrogens with one attached hydrogen (secondary N) is 1. The standard InChI is InChI=1S/C19H33N/c1-6-7-8-9-10-11-17(4)20-18(5)19-14-15(2)12-13-16(19)3/h12-14,17-18,20H,6-11H2,1-5H3. The molecule has 0 saturated carbocycles. The summed E-state index contributed by atoms with van der Waals surface area (Å²) >= 11 is 0. The van der Waals surface area contributed by atoms with Crippen molar-refractivity contribution in [1.82, 2.24) is 5.32 Å². The lowest BCUT2D eigenvalue weighted by Gasteiger charge is -2.22. The smallest absolute Gasteiger partial charge is 0.0296 e. The highest BCUT2D eigenvalue weighted by atomic mass is 14.9. The van der Waals surface area contributed by atoms with E-state index in [2.05, 4.69) is 58.1 Å². The van der Waals surface area contributed by atoms with Crippen molar-refractivity contribution in [3.05, 3.63) is 34.9 Å². The molecule has 2 atom stereocenters. The van der Waals surface area contributed by atoms with Gasteiger partial charge in [-0.25, -0.2) is 0 Å². The molecule has 1 heteroatoms. The third-order valence-corrected chi connectivity index (χ3v) is 4.18. The van der Waals surface area contributed by atoms with Crippen molar-refractivity contribution in [2.24, 2.45) is 0 Å². The molecule has 0 aliphatic carbocycles. The Morgan fingerprint density at radius 1 is 1.00 bits per heavy atom. The van der Waals surface area contributed by atoms with Gasteiger partial charge in [-0.15, -0.1) is 0 Å². The van der Waals surface area contributed by atoms with E-state index in [4.69, 9.17) is 0 Å². The van der Waals surface area contributed by atoms with E-state index in [-0.39, 0.29) is 0 Å². The van der Waals surface area contributed by atoms with E-state index in [1.54, 1.807) is 0 Å². The average Bonchev–Trinajstić information content (AvgIpc) is 2.41. The summed E-state index contributed by atoms with van der Waals surface area (Å²) in [4.78, 5) is 0. The van der Waals surface area contributed by atoms with Crippen molar-refractivity contribution < 1.29 is 0 Å². The van der Waals surface area contributed by atoms with Gasteiger partial charge in [0.25, 0.3) is 0 Å². The van der Waals surface area contributed by atoms with Gasteiger partial charge in [0.15, 0.2) is 0 Å². The largest absolute Gasteiger partial charge is 0.308 e. The highest BCUT2D eigenvalue weighted by Crippen LogP contribution is 2.20. The summed E-state index contributed by atoms with van der Waals surface area (Å²) in [6.45, 7) is 11.3. The summed E-state index contributed by atoms with van der Waals surface area (Å²) in [6.07, 6.45) is 8.15. The molecule has 1 aromatic rings. The molecule has 0 aliphatic heterocycles. The Morgan fingerprint density at radius 3 is 2.40 bits per heavy atom. The van der Waals surface area contributed by atoms with Gasteiger partial charge >= 0.3 is 0 Å². The van der Waals surface area contributed by atoms with E-state index in [1.165, 1.54) is 55.2 Å². The molecule has 1 aromatic carbocycles. The third-order valence-electron chi connectivity index (χ3n) is 4.18. The molecular weight excluding hydrogens is 242 g/mol. The topological polar surface area (TPSA) is 12.0 Å². The molecule has 0 heterocycles. The van der Waals surface area contributed by atoms with Crippen molar-refractivity contribution in [3.63, 3.8) is 0 Å². The second-order valence-corrected chi connectivity index (χ2v) is 6.35. The summed E-state index contributed by atoms with van der Waals surface area (Å²) in [5, 5.41) is 3.76. The monoisotopic (exact) mass is 275 g/mol. The molecule has 0 spiro atoms. The molecule has 0 aliphatic rings. The maximum Gasteiger partial charge on any atom is 0.0296 e. The van der Waals surface area contributed by atoms with Gasteiger partial charge in [-0.3, -0.25) is 0 Å². The van der Waals surface area contributed by atoms with Crippen LogP contribution in [-0.4, -0.2) is 6.04 Å². The molecule has 0 bridgehead atoms. The molecule has 0 aromatic heterocycles. The molecule has 1 N–H and O–H groups in total. The van der Waals surface area contributed by atoms with Crippen LogP contribution in [0, 0.1) is 13.8 Å². The number of aryl methyl sites for hydroxylation is 2. The molecule has 114 valence electrons. The highest BCUT2D eigenvalue weighted by Gasteiger charge is 2.11. The second kappa shape index (κ2) is 9.18. The van der Waals surface area contributed by atoms with Gasteiger partial charge in [0.1, 0.15) is 0 Å². The number of benzene rings is 1. The van der Waals surface area contributed by atoms with Crippen molar-refractivity contribution in [1.29, 1.82) is 0 Å². The molecule has 0 saturated heterocycles. The Bertz CT molecular complexity index is 383. The van der Waals surface area contributed by atoms with Crippen LogP contribution in [0.15, 0.2) is 18.2 Å². The van der Waals surface area contributed by atoms with E-state index in [0.29, 0.717) is 12.1 Å². The molecule has 1 nitrogen and oxygen atoms in total. The van der Waals surface area contributed by atoms with E-state index in [9.17, 15) is 0 Å². The lowest BCUT2D eigenvalue weighted by atomic mass is 9.98. The summed E-state index contributed by atoms with van der Waals surface area (Å²) in [6, 6.07) is 7.80. The summed E-state index contributed by atoms with van der Waals surface area (Å²) in [7, 11) is 0. The van der Waals surface area contributed by atoms with Gasteiger partial charge in [-0.1, -0.05) is 62.8 Å². The highest BCUT2D eigenvalue weighted by molar-refractivity contribution is 5.32. The van der Waals surface area contributed by atoms with Crippen LogP contribution in [0.2, 0.25) is 0 Å². The quantitative estimate of drug-likeness (QED) is 0.570. The molecule has 2 unspecified atom stereocenters. The zero-order valence-electron chi connectivity index (χ0n) is 14.1. The van der Waals surface area contributed by atoms with Crippen molar-refractivity contribution >= 4 is 0 Å². The van der Waals surface area contributed by atoms with Gasteiger partial charge in [0.05, 0.1) is 0 Å². The minimum absolute atomic E-state index is 0.445. The van der Waals surface area contributed by atoms with Crippen molar-refractivity contribution in [2.45, 2.75) is 85.2 Å². The minimum Gasteiger partial charge on any atom is -0.308 e. The van der Waals surface area contributed by atoms with E-state index in [1.807, 2.05) is 0 Å². The van der Waals surface area contributed by atoms with Gasteiger partial charge in [0, 0.05) is 12.1 Å². The molecule has 0 amide bonds. The fourth-order valence-corrected chi connectivity index (χ4v) is 2.88. The van der Waals surface area contributed by atoms with Crippen LogP contribution in [0.3, 0.4) is 0 Å². The van der Waals surface area contributed by atoms with Gasteiger partial charge in [-0.2, -0.15) is 0 Å². The van der Waals surface area contributed by atoms with Gasteiger partial charge in [-0.05, 0) is 45.2 Å². The zero-order valence-corrected chi connectivity index (χ0v) is 14.1. The van der Waals surface area contributed by atoms with Crippen LogP contribution >= 0.6 is 0 Å². The Morgan fingerprint density at radius 2 is 1.70 bits per heavy atom. The van der Waals surface area contributed by atoms with Crippen molar-refractivity contribution in [3.8, 4) is 0 Å². The molecule has 0 radical (unpaired) electrons. The lowest BCUT2D eigenvalue weighted by molar-refractivity contribution is 0.435. The number of hydrogen-bond donors (Lipinski definition) is 1. The predicted octanol–water partition coefficient (Wildman–Crippen LogP) is 5.70. The number of hydrogen-bond acceptors (Lipinski definition) is 1. The van der Waals surface area contributed by atoms with Gasteiger partial charge < -0.3 is 5.32 Å². The fraction of sp³-hybridized carbons (Fsp3) is 0.684. The SMILES string of the molecule is CCCCCCCC(C)NC(C)c1cc(C)ccc1C. The second-order valence-electron chi connectivity index (χ2n) is 6.35. The van der Waals surface area contributed by atoms with Crippen LogP contribution in [0.25, 0.3) is 0 Å². The average molecular weight is 275 g/mol. The maximum absolute atomic E-state index is 3.76. The Hall–Kier alpha value is -0.820. The zero-order chi connectivity index (χ0) is 15.0. The number of rotatable bonds is 9. The summed E-state index contributed by atoms with van der Waals surface area (Å²) < 4.78 is 0. The van der Waals surface area contributed by atoms with Crippen LogP contribution in [0.1, 0.15) is 82.0 Å². The first-order chi connectivity index (χ1) is 9.54. The summed E-state index contributed by atoms with van der Waals surface area (Å²) in [5.74, 6) is 0. The molecule has 0 fully saturated rings. The number of unbranched alkanes of at least 4 members (excludes halogenated alkanes) is 4. The molecule has 1 rings (SSSR count). The maximum atomic E-state index is 3.76. The predicted molar refractivity (Wildman–Crippen MR) is 90.3 cm³/mol. The van der Waals surface area contributed by atoms with E-state index in [0.717, 1.165) is 0 Å².